The number of nitrogens with zero attached hydrogens (tertiary/aromatic N) is 7. The number of nitrogens with one attached hydrogen (secondary N) is 1. The summed E-state index contributed by atoms with van der Waals surface area (Å²) in [6.07, 6.45) is 1.07. The first kappa shape index (κ1) is 20.8. The minimum absolute atomic E-state index is 0.0519. The highest BCUT2D eigenvalue weighted by Gasteiger charge is 2.35. The topological polar surface area (TPSA) is 55.2 Å². The zero-order chi connectivity index (χ0) is 22.2. The third kappa shape index (κ3) is 3.80. The number of para-hydroxylation sites is 2. The van der Waals surface area contributed by atoms with E-state index < -0.39 is 0 Å². The van der Waals surface area contributed by atoms with Gasteiger partial charge in [0.25, 0.3) is 0 Å². The molecule has 2 aromatic carbocycles. The van der Waals surface area contributed by atoms with E-state index in [9.17, 15) is 0 Å². The molecule has 3 aromatic rings. The highest BCUT2D eigenvalue weighted by Crippen LogP contribution is 2.34. The van der Waals surface area contributed by atoms with Crippen LogP contribution in [0.3, 0.4) is 0 Å². The van der Waals surface area contributed by atoms with E-state index in [0.29, 0.717) is 6.67 Å². The van der Waals surface area contributed by atoms with Crippen molar-refractivity contribution in [1.82, 2.24) is 24.7 Å². The van der Waals surface area contributed by atoms with Gasteiger partial charge in [0.2, 0.25) is 11.9 Å². The average Bonchev–Trinajstić information content (AvgIpc) is 3.18. The van der Waals surface area contributed by atoms with E-state index in [1.165, 1.54) is 11.3 Å². The van der Waals surface area contributed by atoms with Gasteiger partial charge in [-0.3, -0.25) is 14.4 Å². The molecule has 1 atom stereocenters. The second kappa shape index (κ2) is 8.44. The van der Waals surface area contributed by atoms with Crippen molar-refractivity contribution < 1.29 is 0 Å². The highest BCUT2D eigenvalue weighted by molar-refractivity contribution is 5.98. The maximum absolute atomic E-state index is 5.03. The molecular weight excluding hydrogens is 400 g/mol. The predicted octanol–water partition coefficient (Wildman–Crippen LogP) is 2.60. The lowest BCUT2D eigenvalue weighted by atomic mass is 10.1. The highest BCUT2D eigenvalue weighted by atomic mass is 15.5. The Kier molecular flexibility index (Phi) is 5.48. The van der Waals surface area contributed by atoms with Gasteiger partial charge in [0.1, 0.15) is 6.17 Å². The van der Waals surface area contributed by atoms with Gasteiger partial charge >= 0.3 is 0 Å². The summed E-state index contributed by atoms with van der Waals surface area (Å²) in [5.74, 6) is 1.85. The molecule has 32 heavy (non-hydrogen) atoms. The smallest absolute Gasteiger partial charge is 0.216 e. The molecule has 0 saturated heterocycles. The first-order valence-corrected chi connectivity index (χ1v) is 11.2. The maximum atomic E-state index is 5.03. The lowest BCUT2D eigenvalue weighted by Crippen LogP contribution is -2.57. The van der Waals surface area contributed by atoms with Gasteiger partial charge in [0, 0.05) is 26.3 Å². The molecule has 1 N–H and O–H groups in total. The molecule has 5 rings (SSSR count). The SMILES string of the molecule is CN(C)CCCN1CN=C2NC(c3ccc(N(C)C)cc3)n3c(nc4ccccc43)N2C1. The number of benzene rings is 2. The molecule has 1 unspecified atom stereocenters. The quantitative estimate of drug-likeness (QED) is 0.646. The first-order chi connectivity index (χ1) is 15.5. The number of aliphatic imine (C=N–C) groups is 1. The van der Waals surface area contributed by atoms with E-state index >= 15 is 0 Å². The van der Waals surface area contributed by atoms with E-state index in [2.05, 4.69) is 106 Å². The van der Waals surface area contributed by atoms with Crippen LogP contribution >= 0.6 is 0 Å². The molecule has 0 saturated carbocycles. The number of anilines is 2. The summed E-state index contributed by atoms with van der Waals surface area (Å²) in [6, 6.07) is 17.1. The van der Waals surface area contributed by atoms with E-state index in [-0.39, 0.29) is 6.17 Å². The van der Waals surface area contributed by atoms with Crippen molar-refractivity contribution in [3.63, 3.8) is 0 Å². The van der Waals surface area contributed by atoms with Crippen LogP contribution in [-0.4, -0.2) is 79.9 Å². The lowest BCUT2D eigenvalue weighted by Gasteiger charge is -2.41. The standard InChI is InChI=1S/C24H32N8/c1-28(2)14-7-15-30-16-25-23-27-22(18-10-12-19(13-11-18)29(3)4)32-21-9-6-5-8-20(21)26-24(32)31(23)17-30/h5-6,8-13,22H,7,14-17H2,1-4H3,(H,25,27). The monoisotopic (exact) mass is 432 g/mol. The Balaban J connectivity index is 1.51. The van der Waals surface area contributed by atoms with Crippen LogP contribution in [0.1, 0.15) is 18.2 Å². The Labute approximate surface area is 189 Å². The molecule has 2 aliphatic heterocycles. The van der Waals surface area contributed by atoms with E-state index in [4.69, 9.17) is 9.98 Å². The largest absolute Gasteiger partial charge is 0.378 e. The Bertz CT molecular complexity index is 1110. The van der Waals surface area contributed by atoms with Crippen LogP contribution < -0.4 is 15.1 Å². The van der Waals surface area contributed by atoms with Crippen LogP contribution in [0.5, 0.6) is 0 Å². The van der Waals surface area contributed by atoms with Crippen molar-refractivity contribution in [3.05, 3.63) is 54.1 Å². The number of fused-ring (bicyclic) bond motifs is 5. The Morgan fingerprint density at radius 2 is 1.81 bits per heavy atom. The molecule has 0 amide bonds. The summed E-state index contributed by atoms with van der Waals surface area (Å²) < 4.78 is 2.31. The maximum Gasteiger partial charge on any atom is 0.216 e. The summed E-state index contributed by atoms with van der Waals surface area (Å²) in [4.78, 5) is 18.9. The summed E-state index contributed by atoms with van der Waals surface area (Å²) in [5, 5.41) is 3.70. The van der Waals surface area contributed by atoms with Crippen molar-refractivity contribution >= 4 is 28.6 Å². The molecule has 0 aliphatic carbocycles. The summed E-state index contributed by atoms with van der Waals surface area (Å²) >= 11 is 0. The van der Waals surface area contributed by atoms with Gasteiger partial charge in [0.05, 0.1) is 24.4 Å². The van der Waals surface area contributed by atoms with Crippen LogP contribution in [0.2, 0.25) is 0 Å². The van der Waals surface area contributed by atoms with Gasteiger partial charge in [-0.2, -0.15) is 0 Å². The number of imidazole rings is 1. The van der Waals surface area contributed by atoms with E-state index in [1.807, 2.05) is 0 Å². The van der Waals surface area contributed by atoms with Crippen LogP contribution in [-0.2, 0) is 0 Å². The van der Waals surface area contributed by atoms with Crippen LogP contribution in [0, 0.1) is 0 Å². The summed E-state index contributed by atoms with van der Waals surface area (Å²) in [7, 11) is 8.37. The normalized spacial score (nSPS) is 18.3. The molecule has 8 heteroatoms. The molecule has 0 radical (unpaired) electrons. The lowest BCUT2D eigenvalue weighted by molar-refractivity contribution is 0.254. The van der Waals surface area contributed by atoms with E-state index in [1.54, 1.807) is 0 Å². The van der Waals surface area contributed by atoms with Gasteiger partial charge in [0.15, 0.2) is 0 Å². The average molecular weight is 433 g/mol. The number of hydrogen-bond acceptors (Lipinski definition) is 7. The zero-order valence-corrected chi connectivity index (χ0v) is 19.4. The molecule has 8 nitrogen and oxygen atoms in total. The van der Waals surface area contributed by atoms with Gasteiger partial charge in [-0.1, -0.05) is 24.3 Å². The molecule has 0 bridgehead atoms. The van der Waals surface area contributed by atoms with Crippen molar-refractivity contribution in [2.45, 2.75) is 12.6 Å². The number of rotatable bonds is 6. The first-order valence-electron chi connectivity index (χ1n) is 11.2. The molecule has 3 heterocycles. The molecule has 168 valence electrons. The second-order valence-corrected chi connectivity index (χ2v) is 9.05. The van der Waals surface area contributed by atoms with Crippen LogP contribution in [0.25, 0.3) is 11.0 Å². The van der Waals surface area contributed by atoms with Crippen molar-refractivity contribution in [1.29, 1.82) is 0 Å². The van der Waals surface area contributed by atoms with Crippen LogP contribution in [0.15, 0.2) is 53.5 Å². The molecule has 0 fully saturated rings. The van der Waals surface area contributed by atoms with Crippen molar-refractivity contribution in [3.8, 4) is 0 Å². The Morgan fingerprint density at radius 1 is 1.03 bits per heavy atom. The number of guanidine groups is 1. The third-order valence-corrected chi connectivity index (χ3v) is 6.17. The fraction of sp³-hybridized carbons (Fsp3) is 0.417. The van der Waals surface area contributed by atoms with Crippen molar-refractivity contribution in [2.24, 2.45) is 4.99 Å². The fourth-order valence-electron chi connectivity index (χ4n) is 4.45. The second-order valence-electron chi connectivity index (χ2n) is 9.05. The van der Waals surface area contributed by atoms with Crippen LogP contribution in [0.4, 0.5) is 11.6 Å². The number of hydrogen-bond donors (Lipinski definition) is 1. The molecule has 2 aliphatic rings. The minimum atomic E-state index is -0.0519. The summed E-state index contributed by atoms with van der Waals surface area (Å²) in [6.45, 7) is 3.59. The molecule has 0 spiro atoms. The van der Waals surface area contributed by atoms with Gasteiger partial charge in [-0.05, 0) is 56.9 Å². The van der Waals surface area contributed by atoms with E-state index in [0.717, 1.165) is 49.1 Å². The predicted molar refractivity (Wildman–Crippen MR) is 131 cm³/mol. The Hall–Kier alpha value is -3.10. The molecule has 1 aromatic heterocycles. The van der Waals surface area contributed by atoms with Gasteiger partial charge in [-0.25, -0.2) is 9.98 Å². The summed E-state index contributed by atoms with van der Waals surface area (Å²) in [5.41, 5.74) is 4.51. The van der Waals surface area contributed by atoms with Gasteiger partial charge < -0.3 is 15.1 Å². The molecular formula is C24H32N8. The Morgan fingerprint density at radius 3 is 2.56 bits per heavy atom. The van der Waals surface area contributed by atoms with Crippen molar-refractivity contribution in [2.75, 3.05) is 64.4 Å². The third-order valence-electron chi connectivity index (χ3n) is 6.17. The van der Waals surface area contributed by atoms with Gasteiger partial charge in [-0.15, -0.1) is 0 Å². The fourth-order valence-corrected chi connectivity index (χ4v) is 4.45. The minimum Gasteiger partial charge on any atom is -0.378 e. The number of aromatic nitrogens is 2. The zero-order valence-electron chi connectivity index (χ0n) is 19.4.